The normalized spacial score (nSPS) is 22.6. The molecule has 0 radical (unpaired) electrons. The molecule has 0 aliphatic carbocycles. The fraction of sp³-hybridized carbons (Fsp3) is 0.667. The van der Waals surface area contributed by atoms with Gasteiger partial charge in [-0.3, -0.25) is 4.79 Å². The van der Waals surface area contributed by atoms with Crippen LogP contribution in [0.5, 0.6) is 0 Å². The van der Waals surface area contributed by atoms with Crippen LogP contribution in [-0.4, -0.2) is 64.2 Å². The molecule has 0 bridgehead atoms. The first-order valence-corrected chi connectivity index (χ1v) is 10.3. The van der Waals surface area contributed by atoms with E-state index >= 15 is 0 Å². The molecule has 0 saturated carbocycles. The van der Waals surface area contributed by atoms with Crippen molar-refractivity contribution in [2.24, 2.45) is 0 Å². The second-order valence-corrected chi connectivity index (χ2v) is 9.06. The van der Waals surface area contributed by atoms with Gasteiger partial charge in [-0.25, -0.2) is 8.42 Å². The van der Waals surface area contributed by atoms with E-state index in [0.717, 1.165) is 19.4 Å². The highest BCUT2D eigenvalue weighted by Crippen LogP contribution is 2.28. The standard InChI is InChI=1S/C15H22N2O5S2/c1-11-14(24(19,20)17-4-7-21-8-5-17)9-13(23-11)15(18)16-10-12-3-2-6-22-12/h9,12H,2-8,10H2,1H3,(H,16,18). The number of aryl methyl sites for hydroxylation is 1. The Bertz CT molecular complexity index is 689. The summed E-state index contributed by atoms with van der Waals surface area (Å²) in [7, 11) is -3.58. The summed E-state index contributed by atoms with van der Waals surface area (Å²) in [5, 5.41) is 2.83. The lowest BCUT2D eigenvalue weighted by molar-refractivity contribution is 0.0730. The van der Waals surface area contributed by atoms with Gasteiger partial charge in [0.1, 0.15) is 0 Å². The molecular formula is C15H22N2O5S2. The van der Waals surface area contributed by atoms with Crippen LogP contribution in [0, 0.1) is 6.92 Å². The number of rotatable bonds is 5. The van der Waals surface area contributed by atoms with E-state index < -0.39 is 10.0 Å². The molecule has 1 atom stereocenters. The summed E-state index contributed by atoms with van der Waals surface area (Å²) in [6.45, 7) is 4.42. The number of carbonyl (C=O) groups is 1. The van der Waals surface area contributed by atoms with Crippen LogP contribution in [0.15, 0.2) is 11.0 Å². The third kappa shape index (κ3) is 3.80. The molecule has 2 aliphatic heterocycles. The fourth-order valence-electron chi connectivity index (χ4n) is 2.86. The van der Waals surface area contributed by atoms with Gasteiger partial charge in [0.25, 0.3) is 5.91 Å². The predicted octanol–water partition coefficient (Wildman–Crippen LogP) is 0.986. The Kier molecular flexibility index (Phi) is 5.56. The number of hydrogen-bond acceptors (Lipinski definition) is 6. The topological polar surface area (TPSA) is 84.9 Å². The van der Waals surface area contributed by atoms with E-state index in [-0.39, 0.29) is 16.9 Å². The maximum atomic E-state index is 12.7. The van der Waals surface area contributed by atoms with Gasteiger partial charge in [-0.15, -0.1) is 11.3 Å². The van der Waals surface area contributed by atoms with Crippen LogP contribution in [0.2, 0.25) is 0 Å². The van der Waals surface area contributed by atoms with Crippen molar-refractivity contribution in [3.05, 3.63) is 15.8 Å². The minimum Gasteiger partial charge on any atom is -0.379 e. The van der Waals surface area contributed by atoms with Crippen molar-refractivity contribution < 1.29 is 22.7 Å². The lowest BCUT2D eigenvalue weighted by atomic mass is 10.2. The Morgan fingerprint density at radius 2 is 2.12 bits per heavy atom. The van der Waals surface area contributed by atoms with Gasteiger partial charge in [-0.1, -0.05) is 0 Å². The molecular weight excluding hydrogens is 352 g/mol. The number of hydrogen-bond donors (Lipinski definition) is 1. The molecule has 1 aromatic heterocycles. The van der Waals surface area contributed by atoms with Crippen molar-refractivity contribution in [3.63, 3.8) is 0 Å². The second-order valence-electron chi connectivity index (χ2n) is 5.89. The Morgan fingerprint density at radius 3 is 2.79 bits per heavy atom. The van der Waals surface area contributed by atoms with Crippen molar-refractivity contribution in [1.29, 1.82) is 0 Å². The zero-order valence-electron chi connectivity index (χ0n) is 13.6. The van der Waals surface area contributed by atoms with E-state index in [2.05, 4.69) is 5.32 Å². The Labute approximate surface area is 146 Å². The molecule has 1 aromatic rings. The molecule has 1 N–H and O–H groups in total. The highest BCUT2D eigenvalue weighted by molar-refractivity contribution is 7.89. The number of sulfonamides is 1. The monoisotopic (exact) mass is 374 g/mol. The number of nitrogens with zero attached hydrogens (tertiary/aromatic N) is 1. The first-order valence-electron chi connectivity index (χ1n) is 8.06. The average Bonchev–Trinajstić information content (AvgIpc) is 3.23. The maximum Gasteiger partial charge on any atom is 0.261 e. The van der Waals surface area contributed by atoms with E-state index in [1.54, 1.807) is 6.92 Å². The number of nitrogens with one attached hydrogen (secondary N) is 1. The molecule has 3 rings (SSSR count). The minimum absolute atomic E-state index is 0.0616. The summed E-state index contributed by atoms with van der Waals surface area (Å²) >= 11 is 1.21. The Hall–Kier alpha value is -1.00. The van der Waals surface area contributed by atoms with Crippen molar-refractivity contribution in [3.8, 4) is 0 Å². The molecule has 2 fully saturated rings. The number of carbonyl (C=O) groups excluding carboxylic acids is 1. The van der Waals surface area contributed by atoms with Crippen molar-refractivity contribution in [1.82, 2.24) is 9.62 Å². The predicted molar refractivity (Wildman–Crippen MR) is 89.9 cm³/mol. The van der Waals surface area contributed by atoms with Crippen LogP contribution >= 0.6 is 11.3 Å². The molecule has 134 valence electrons. The molecule has 2 aliphatic rings. The summed E-state index contributed by atoms with van der Waals surface area (Å²) in [6.07, 6.45) is 2.02. The van der Waals surface area contributed by atoms with Crippen LogP contribution in [-0.2, 0) is 19.5 Å². The van der Waals surface area contributed by atoms with Gasteiger partial charge in [0, 0.05) is 31.1 Å². The lowest BCUT2D eigenvalue weighted by Crippen LogP contribution is -2.40. The third-order valence-corrected chi connectivity index (χ3v) is 7.40. The van der Waals surface area contributed by atoms with Gasteiger partial charge >= 0.3 is 0 Å². The second kappa shape index (κ2) is 7.49. The maximum absolute atomic E-state index is 12.7. The van der Waals surface area contributed by atoms with Gasteiger partial charge in [0.15, 0.2) is 0 Å². The molecule has 7 nitrogen and oxygen atoms in total. The lowest BCUT2D eigenvalue weighted by Gasteiger charge is -2.25. The van der Waals surface area contributed by atoms with Crippen LogP contribution in [0.3, 0.4) is 0 Å². The summed E-state index contributed by atoms with van der Waals surface area (Å²) in [6, 6.07) is 1.48. The first-order chi connectivity index (χ1) is 11.5. The molecule has 0 spiro atoms. The number of thiophene rings is 1. The van der Waals surface area contributed by atoms with Gasteiger partial charge in [-0.05, 0) is 25.8 Å². The molecule has 1 amide bonds. The summed E-state index contributed by atoms with van der Waals surface area (Å²) in [5.74, 6) is -0.248. The van der Waals surface area contributed by atoms with Crippen LogP contribution in [0.25, 0.3) is 0 Å². The van der Waals surface area contributed by atoms with Gasteiger partial charge in [-0.2, -0.15) is 4.31 Å². The van der Waals surface area contributed by atoms with Gasteiger partial charge < -0.3 is 14.8 Å². The average molecular weight is 374 g/mol. The first kappa shape index (κ1) is 17.8. The zero-order chi connectivity index (χ0) is 17.2. The largest absolute Gasteiger partial charge is 0.379 e. The number of morpholine rings is 1. The number of ether oxygens (including phenoxy) is 2. The van der Waals surface area contributed by atoms with Gasteiger partial charge in [0.05, 0.1) is 29.1 Å². The third-order valence-electron chi connectivity index (χ3n) is 4.20. The zero-order valence-corrected chi connectivity index (χ0v) is 15.2. The smallest absolute Gasteiger partial charge is 0.261 e. The molecule has 24 heavy (non-hydrogen) atoms. The molecule has 9 heteroatoms. The van der Waals surface area contributed by atoms with E-state index in [9.17, 15) is 13.2 Å². The molecule has 3 heterocycles. The van der Waals surface area contributed by atoms with E-state index in [4.69, 9.17) is 9.47 Å². The van der Waals surface area contributed by atoms with Crippen LogP contribution in [0.1, 0.15) is 27.4 Å². The highest BCUT2D eigenvalue weighted by Gasteiger charge is 2.30. The highest BCUT2D eigenvalue weighted by atomic mass is 32.2. The molecule has 0 aromatic carbocycles. The SMILES string of the molecule is Cc1sc(C(=O)NCC2CCCO2)cc1S(=O)(=O)N1CCOCC1. The van der Waals surface area contributed by atoms with Crippen LogP contribution < -0.4 is 5.32 Å². The van der Waals surface area contributed by atoms with Crippen molar-refractivity contribution >= 4 is 27.3 Å². The summed E-state index contributed by atoms with van der Waals surface area (Å²) in [4.78, 5) is 13.5. The van der Waals surface area contributed by atoms with Gasteiger partial charge in [0.2, 0.25) is 10.0 Å². The summed E-state index contributed by atoms with van der Waals surface area (Å²) < 4.78 is 37.6. The quantitative estimate of drug-likeness (QED) is 0.831. The van der Waals surface area contributed by atoms with Crippen LogP contribution in [0.4, 0.5) is 0 Å². The Balaban J connectivity index is 1.70. The minimum atomic E-state index is -3.58. The number of amides is 1. The van der Waals surface area contributed by atoms with Crippen molar-refractivity contribution in [2.75, 3.05) is 39.5 Å². The van der Waals surface area contributed by atoms with E-state index in [1.165, 1.54) is 21.7 Å². The summed E-state index contributed by atoms with van der Waals surface area (Å²) in [5.41, 5.74) is 0. The van der Waals surface area contributed by atoms with E-state index in [1.807, 2.05) is 0 Å². The van der Waals surface area contributed by atoms with E-state index in [0.29, 0.717) is 42.6 Å². The Morgan fingerprint density at radius 1 is 1.38 bits per heavy atom. The molecule has 2 saturated heterocycles. The fourth-order valence-corrected chi connectivity index (χ4v) is 5.74. The molecule has 1 unspecified atom stereocenters. The van der Waals surface area contributed by atoms with Crippen molar-refractivity contribution in [2.45, 2.75) is 30.8 Å².